The van der Waals surface area contributed by atoms with Gasteiger partial charge in [-0.05, 0) is 64.2 Å². The van der Waals surface area contributed by atoms with Crippen molar-refractivity contribution in [2.45, 2.75) is 57.6 Å². The fourth-order valence-corrected chi connectivity index (χ4v) is 6.63. The number of H-pyrrole nitrogens is 1. The molecule has 44 heavy (non-hydrogen) atoms. The van der Waals surface area contributed by atoms with Crippen molar-refractivity contribution < 1.29 is 23.9 Å². The number of pyridine rings is 1. The average molecular weight is 602 g/mol. The molecule has 0 saturated carbocycles. The lowest BCUT2D eigenvalue weighted by Crippen LogP contribution is -2.57. The number of aromatic nitrogens is 3. The highest BCUT2D eigenvalue weighted by atomic mass is 16.6. The minimum Gasteiger partial charge on any atom is -0.444 e. The van der Waals surface area contributed by atoms with Crippen LogP contribution in [-0.2, 0) is 14.3 Å². The summed E-state index contributed by atoms with van der Waals surface area (Å²) in [5.41, 5.74) is 0.603. The lowest BCUT2D eigenvalue weighted by atomic mass is 9.85. The molecule has 232 valence electrons. The molecule has 0 aliphatic carbocycles. The number of hydrogen-bond acceptors (Lipinski definition) is 8. The number of aromatic amines is 1. The lowest BCUT2D eigenvalue weighted by Gasteiger charge is -2.43. The van der Waals surface area contributed by atoms with Gasteiger partial charge >= 0.3 is 6.09 Å². The third-order valence-corrected chi connectivity index (χ3v) is 8.82. The van der Waals surface area contributed by atoms with Crippen LogP contribution < -0.4 is 4.90 Å². The molecule has 1 N–H and O–H groups in total. The zero-order valence-electron chi connectivity index (χ0n) is 25.5. The van der Waals surface area contributed by atoms with Crippen molar-refractivity contribution in [2.24, 2.45) is 5.92 Å². The van der Waals surface area contributed by atoms with Crippen LogP contribution in [0, 0.1) is 5.92 Å². The number of nitrogens with zero attached hydrogens (tertiary/aromatic N) is 6. The molecule has 1 spiro atoms. The number of para-hydroxylation sites is 1. The molecular weight excluding hydrogens is 562 g/mol. The first kappa shape index (κ1) is 29.6. The molecule has 1 aromatic carbocycles. The first-order valence-electron chi connectivity index (χ1n) is 15.2. The van der Waals surface area contributed by atoms with Crippen molar-refractivity contribution in [1.82, 2.24) is 29.9 Å². The summed E-state index contributed by atoms with van der Waals surface area (Å²) in [6, 6.07) is 11.6. The maximum Gasteiger partial charge on any atom is 0.410 e. The van der Waals surface area contributed by atoms with E-state index in [2.05, 4.69) is 20.1 Å². The quantitative estimate of drug-likeness (QED) is 0.455. The third-order valence-electron chi connectivity index (χ3n) is 8.82. The number of Topliss-reactive ketones (excluding diaryl/α,β-unsaturated/α-hetero) is 1. The first-order chi connectivity index (χ1) is 21.0. The van der Waals surface area contributed by atoms with Crippen molar-refractivity contribution in [3.8, 4) is 0 Å². The molecule has 12 nitrogen and oxygen atoms in total. The largest absolute Gasteiger partial charge is 0.444 e. The fraction of sp³-hybridized carbons (Fsp3) is 0.500. The minimum absolute atomic E-state index is 0.0193. The predicted molar refractivity (Wildman–Crippen MR) is 163 cm³/mol. The second-order valence-electron chi connectivity index (χ2n) is 13.1. The van der Waals surface area contributed by atoms with Crippen LogP contribution in [0.25, 0.3) is 11.0 Å². The molecule has 0 bridgehead atoms. The zero-order chi connectivity index (χ0) is 31.1. The van der Waals surface area contributed by atoms with Gasteiger partial charge in [-0.1, -0.05) is 18.2 Å². The molecule has 0 radical (unpaired) electrons. The Kier molecular flexibility index (Phi) is 7.77. The average Bonchev–Trinajstić information content (AvgIpc) is 3.72. The number of nitrogens with one attached hydrogen (secondary N) is 1. The maximum absolute atomic E-state index is 14.1. The lowest BCUT2D eigenvalue weighted by molar-refractivity contribution is -0.136. The Morgan fingerprint density at radius 1 is 1.05 bits per heavy atom. The van der Waals surface area contributed by atoms with Crippen LogP contribution in [0.2, 0.25) is 0 Å². The number of ether oxygens (including phenoxy) is 1. The SMILES string of the molecule is CC(C)(C)OC(=O)N1CC[C@@H](CC(=O)CN2CN(c3ccccc3)C3(CCN(C(=O)c4cnc5[nH]ncc5c4)CC3)C2=O)C1. The predicted octanol–water partition coefficient (Wildman–Crippen LogP) is 3.46. The van der Waals surface area contributed by atoms with Gasteiger partial charge in [0.2, 0.25) is 5.91 Å². The normalized spacial score (nSPS) is 20.2. The van der Waals surface area contributed by atoms with Crippen molar-refractivity contribution in [3.63, 3.8) is 0 Å². The van der Waals surface area contributed by atoms with Gasteiger partial charge in [-0.2, -0.15) is 5.10 Å². The monoisotopic (exact) mass is 601 g/mol. The van der Waals surface area contributed by atoms with E-state index in [4.69, 9.17) is 4.74 Å². The van der Waals surface area contributed by atoms with Gasteiger partial charge in [0, 0.05) is 49.9 Å². The van der Waals surface area contributed by atoms with Crippen molar-refractivity contribution in [2.75, 3.05) is 44.3 Å². The number of amides is 3. The molecule has 0 unspecified atom stereocenters. The molecular formula is C32H39N7O5. The molecule has 5 heterocycles. The molecule has 3 fully saturated rings. The van der Waals surface area contributed by atoms with E-state index in [0.29, 0.717) is 63.3 Å². The highest BCUT2D eigenvalue weighted by Crippen LogP contribution is 2.40. The summed E-state index contributed by atoms with van der Waals surface area (Å²) in [6.45, 7) is 7.67. The Hall–Kier alpha value is -4.48. The van der Waals surface area contributed by atoms with E-state index in [0.717, 1.165) is 17.5 Å². The molecule has 3 saturated heterocycles. The van der Waals surface area contributed by atoms with Gasteiger partial charge in [0.1, 0.15) is 11.1 Å². The van der Waals surface area contributed by atoms with E-state index in [-0.39, 0.29) is 36.2 Å². The van der Waals surface area contributed by atoms with E-state index in [1.807, 2.05) is 51.1 Å². The number of hydrogen-bond donors (Lipinski definition) is 1. The summed E-state index contributed by atoms with van der Waals surface area (Å²) < 4.78 is 5.49. The second-order valence-corrected chi connectivity index (χ2v) is 13.1. The van der Waals surface area contributed by atoms with Crippen LogP contribution in [0.4, 0.5) is 10.5 Å². The molecule has 3 aromatic rings. The Morgan fingerprint density at radius 3 is 2.52 bits per heavy atom. The minimum atomic E-state index is -0.841. The van der Waals surface area contributed by atoms with E-state index in [1.165, 1.54) is 0 Å². The Morgan fingerprint density at radius 2 is 1.80 bits per heavy atom. The molecule has 3 amide bonds. The smallest absolute Gasteiger partial charge is 0.410 e. The van der Waals surface area contributed by atoms with Gasteiger partial charge in [0.05, 0.1) is 25.0 Å². The third kappa shape index (κ3) is 5.85. The Bertz CT molecular complexity index is 1560. The standard InChI is InChI=1S/C32H39N7O5/c1-31(2,3)44-30(43)37-12-9-22(19-37)15-26(40)20-38-21-39(25-7-5-4-6-8-25)32(29(38)42)10-13-36(14-11-32)28(41)24-16-23-18-34-35-27(23)33-17-24/h4-8,16-18,22H,9-15,19-21H2,1-3H3,(H,33,34,35)/t22-/m0/s1. The van der Waals surface area contributed by atoms with Gasteiger partial charge < -0.3 is 24.3 Å². The van der Waals surface area contributed by atoms with E-state index in [1.54, 1.807) is 33.2 Å². The summed E-state index contributed by atoms with van der Waals surface area (Å²) in [7, 11) is 0. The van der Waals surface area contributed by atoms with Crippen LogP contribution in [0.15, 0.2) is 48.8 Å². The zero-order valence-corrected chi connectivity index (χ0v) is 25.5. The highest BCUT2D eigenvalue weighted by molar-refractivity contribution is 5.99. The van der Waals surface area contributed by atoms with E-state index >= 15 is 0 Å². The molecule has 6 rings (SSSR count). The van der Waals surface area contributed by atoms with Gasteiger partial charge in [-0.25, -0.2) is 9.78 Å². The number of rotatable bonds is 6. The van der Waals surface area contributed by atoms with E-state index in [9.17, 15) is 19.2 Å². The summed E-state index contributed by atoms with van der Waals surface area (Å²) in [5, 5.41) is 7.54. The number of anilines is 1. The molecule has 1 atom stereocenters. The molecule has 12 heteroatoms. The number of carbonyl (C=O) groups excluding carboxylic acids is 4. The number of benzene rings is 1. The van der Waals surface area contributed by atoms with Crippen LogP contribution in [-0.4, -0.2) is 104 Å². The summed E-state index contributed by atoms with van der Waals surface area (Å²) in [6.07, 6.45) is 4.77. The van der Waals surface area contributed by atoms with Crippen molar-refractivity contribution in [1.29, 1.82) is 0 Å². The number of fused-ring (bicyclic) bond motifs is 1. The van der Waals surface area contributed by atoms with Crippen molar-refractivity contribution in [3.05, 3.63) is 54.4 Å². The summed E-state index contributed by atoms with van der Waals surface area (Å²) in [5.74, 6) is -0.188. The van der Waals surface area contributed by atoms with Crippen LogP contribution >= 0.6 is 0 Å². The van der Waals surface area contributed by atoms with Crippen LogP contribution in [0.3, 0.4) is 0 Å². The fourth-order valence-electron chi connectivity index (χ4n) is 6.63. The maximum atomic E-state index is 14.1. The highest BCUT2D eigenvalue weighted by Gasteiger charge is 2.54. The topological polar surface area (TPSA) is 132 Å². The number of piperidine rings is 1. The number of carbonyl (C=O) groups is 4. The van der Waals surface area contributed by atoms with Gasteiger partial charge in [0.15, 0.2) is 11.4 Å². The Balaban J connectivity index is 1.12. The Labute approximate surface area is 256 Å². The number of ketones is 1. The van der Waals surface area contributed by atoms with Crippen LogP contribution in [0.5, 0.6) is 0 Å². The molecule has 3 aliphatic rings. The first-order valence-corrected chi connectivity index (χ1v) is 15.2. The van der Waals surface area contributed by atoms with E-state index < -0.39 is 11.1 Å². The van der Waals surface area contributed by atoms with Gasteiger partial charge in [-0.3, -0.25) is 19.5 Å². The molecule has 2 aromatic heterocycles. The van der Waals surface area contributed by atoms with Crippen LogP contribution in [0.1, 0.15) is 56.8 Å². The summed E-state index contributed by atoms with van der Waals surface area (Å²) in [4.78, 5) is 64.7. The van der Waals surface area contributed by atoms with Gasteiger partial charge in [-0.15, -0.1) is 0 Å². The molecule has 3 aliphatic heterocycles. The second kappa shape index (κ2) is 11.5. The summed E-state index contributed by atoms with van der Waals surface area (Å²) >= 11 is 0. The van der Waals surface area contributed by atoms with Gasteiger partial charge in [0.25, 0.3) is 5.91 Å². The van der Waals surface area contributed by atoms with Crippen molar-refractivity contribution >= 4 is 40.4 Å². The number of likely N-dealkylation sites (tertiary alicyclic amines) is 2.